The van der Waals surface area contributed by atoms with Crippen molar-refractivity contribution < 1.29 is 9.90 Å². The van der Waals surface area contributed by atoms with E-state index in [4.69, 9.17) is 5.11 Å². The SMILES string of the molecule is Cc1cc(C)n([C@@H](C)C(=O)O)n1. The highest BCUT2D eigenvalue weighted by Crippen LogP contribution is 2.09. The number of aromatic nitrogens is 2. The Labute approximate surface area is 70.8 Å². The van der Waals surface area contributed by atoms with E-state index in [0.29, 0.717) is 0 Å². The molecule has 1 aromatic heterocycles. The summed E-state index contributed by atoms with van der Waals surface area (Å²) in [6.07, 6.45) is 0. The van der Waals surface area contributed by atoms with E-state index in [0.717, 1.165) is 11.4 Å². The van der Waals surface area contributed by atoms with Crippen LogP contribution < -0.4 is 0 Å². The lowest BCUT2D eigenvalue weighted by Crippen LogP contribution is -2.17. The van der Waals surface area contributed by atoms with Crippen LogP contribution in [0.25, 0.3) is 0 Å². The van der Waals surface area contributed by atoms with Crippen molar-refractivity contribution in [3.63, 3.8) is 0 Å². The molecule has 0 aliphatic carbocycles. The first-order chi connectivity index (χ1) is 5.52. The highest BCUT2D eigenvalue weighted by atomic mass is 16.4. The molecule has 0 amide bonds. The van der Waals surface area contributed by atoms with E-state index in [9.17, 15) is 4.79 Å². The highest BCUT2D eigenvalue weighted by molar-refractivity contribution is 5.71. The fraction of sp³-hybridized carbons (Fsp3) is 0.500. The van der Waals surface area contributed by atoms with E-state index >= 15 is 0 Å². The van der Waals surface area contributed by atoms with Crippen molar-refractivity contribution in [2.75, 3.05) is 0 Å². The van der Waals surface area contributed by atoms with Crippen LogP contribution in [0.5, 0.6) is 0 Å². The molecular weight excluding hydrogens is 156 g/mol. The standard InChI is InChI=1S/C8H12N2O2/c1-5-4-6(2)10(9-5)7(3)8(11)12/h4,7H,1-3H3,(H,11,12)/t7-/m0/s1. The van der Waals surface area contributed by atoms with E-state index in [2.05, 4.69) is 5.10 Å². The summed E-state index contributed by atoms with van der Waals surface area (Å²) in [4.78, 5) is 10.6. The molecule has 0 unspecified atom stereocenters. The lowest BCUT2D eigenvalue weighted by molar-refractivity contribution is -0.140. The topological polar surface area (TPSA) is 55.1 Å². The summed E-state index contributed by atoms with van der Waals surface area (Å²) < 4.78 is 1.51. The van der Waals surface area contributed by atoms with Crippen LogP contribution in [-0.2, 0) is 4.79 Å². The number of hydrogen-bond acceptors (Lipinski definition) is 2. The average molecular weight is 168 g/mol. The Morgan fingerprint density at radius 2 is 2.25 bits per heavy atom. The summed E-state index contributed by atoms with van der Waals surface area (Å²) in [6, 6.07) is 1.28. The third-order valence-electron chi connectivity index (χ3n) is 1.77. The molecule has 1 atom stereocenters. The zero-order chi connectivity index (χ0) is 9.30. The maximum absolute atomic E-state index is 10.6. The van der Waals surface area contributed by atoms with Gasteiger partial charge in [0, 0.05) is 5.69 Å². The molecule has 0 radical (unpaired) electrons. The minimum absolute atomic E-state index is 0.585. The fourth-order valence-corrected chi connectivity index (χ4v) is 1.14. The zero-order valence-corrected chi connectivity index (χ0v) is 7.40. The van der Waals surface area contributed by atoms with Crippen LogP contribution in [0.3, 0.4) is 0 Å². The monoisotopic (exact) mass is 168 g/mol. The van der Waals surface area contributed by atoms with E-state index < -0.39 is 12.0 Å². The van der Waals surface area contributed by atoms with Gasteiger partial charge < -0.3 is 5.11 Å². The first-order valence-electron chi connectivity index (χ1n) is 3.78. The van der Waals surface area contributed by atoms with Gasteiger partial charge in [-0.1, -0.05) is 0 Å². The molecule has 1 N–H and O–H groups in total. The molecule has 12 heavy (non-hydrogen) atoms. The Kier molecular flexibility index (Phi) is 2.17. The Hall–Kier alpha value is -1.32. The van der Waals surface area contributed by atoms with Crippen molar-refractivity contribution in [3.8, 4) is 0 Å². The number of carboxylic acid groups (broad SMARTS) is 1. The summed E-state index contributed by atoms with van der Waals surface area (Å²) in [5.74, 6) is -0.860. The van der Waals surface area contributed by atoms with Crippen LogP contribution in [0.1, 0.15) is 24.4 Å². The van der Waals surface area contributed by atoms with Crippen molar-refractivity contribution in [3.05, 3.63) is 17.5 Å². The summed E-state index contributed by atoms with van der Waals surface area (Å²) >= 11 is 0. The molecular formula is C8H12N2O2. The second-order valence-electron chi connectivity index (χ2n) is 2.89. The number of aliphatic carboxylic acids is 1. The summed E-state index contributed by atoms with van der Waals surface area (Å²) in [7, 11) is 0. The molecule has 1 heterocycles. The zero-order valence-electron chi connectivity index (χ0n) is 7.40. The quantitative estimate of drug-likeness (QED) is 0.720. The number of aryl methyl sites for hydroxylation is 2. The molecule has 4 nitrogen and oxygen atoms in total. The molecule has 1 rings (SSSR count). The third-order valence-corrected chi connectivity index (χ3v) is 1.77. The summed E-state index contributed by atoms with van der Waals surface area (Å²) in [5.41, 5.74) is 1.73. The van der Waals surface area contributed by atoms with Crippen molar-refractivity contribution in [2.24, 2.45) is 0 Å². The van der Waals surface area contributed by atoms with Crippen molar-refractivity contribution in [2.45, 2.75) is 26.8 Å². The number of rotatable bonds is 2. The predicted octanol–water partition coefficient (Wildman–Crippen LogP) is 1.15. The van der Waals surface area contributed by atoms with Crippen LogP contribution >= 0.6 is 0 Å². The lowest BCUT2D eigenvalue weighted by atomic mass is 10.3. The molecule has 0 aliphatic heterocycles. The van der Waals surface area contributed by atoms with E-state index in [1.807, 2.05) is 19.9 Å². The molecule has 0 bridgehead atoms. The summed E-state index contributed by atoms with van der Waals surface area (Å²) in [6.45, 7) is 5.30. The van der Waals surface area contributed by atoms with Gasteiger partial charge in [0.15, 0.2) is 0 Å². The van der Waals surface area contributed by atoms with E-state index in [1.54, 1.807) is 6.92 Å². The number of carbonyl (C=O) groups is 1. The van der Waals surface area contributed by atoms with Gasteiger partial charge in [-0.3, -0.25) is 4.68 Å². The van der Waals surface area contributed by atoms with Gasteiger partial charge in [-0.15, -0.1) is 0 Å². The second kappa shape index (κ2) is 2.97. The molecule has 4 heteroatoms. The van der Waals surface area contributed by atoms with Gasteiger partial charge in [0.2, 0.25) is 0 Å². The Morgan fingerprint density at radius 1 is 1.67 bits per heavy atom. The fourth-order valence-electron chi connectivity index (χ4n) is 1.14. The third kappa shape index (κ3) is 1.47. The van der Waals surface area contributed by atoms with Crippen LogP contribution in [0.4, 0.5) is 0 Å². The van der Waals surface area contributed by atoms with Crippen LogP contribution in [0.15, 0.2) is 6.07 Å². The first-order valence-corrected chi connectivity index (χ1v) is 3.78. The predicted molar refractivity (Wildman–Crippen MR) is 44.0 cm³/mol. The molecule has 0 spiro atoms. The highest BCUT2D eigenvalue weighted by Gasteiger charge is 2.15. The van der Waals surface area contributed by atoms with Crippen molar-refractivity contribution in [1.29, 1.82) is 0 Å². The second-order valence-corrected chi connectivity index (χ2v) is 2.89. The molecule has 0 saturated heterocycles. The van der Waals surface area contributed by atoms with Gasteiger partial charge in [-0.25, -0.2) is 4.79 Å². The van der Waals surface area contributed by atoms with Crippen molar-refractivity contribution >= 4 is 5.97 Å². The molecule has 0 aliphatic rings. The molecule has 1 aromatic rings. The largest absolute Gasteiger partial charge is 0.480 e. The maximum Gasteiger partial charge on any atom is 0.328 e. The Bertz CT molecular complexity index is 304. The van der Waals surface area contributed by atoms with Crippen LogP contribution in [0, 0.1) is 13.8 Å². The Morgan fingerprint density at radius 3 is 2.58 bits per heavy atom. The van der Waals surface area contributed by atoms with Gasteiger partial charge in [0.05, 0.1) is 5.69 Å². The van der Waals surface area contributed by atoms with Gasteiger partial charge in [-0.2, -0.15) is 5.10 Å². The van der Waals surface area contributed by atoms with Gasteiger partial charge >= 0.3 is 5.97 Å². The van der Waals surface area contributed by atoms with Crippen molar-refractivity contribution in [1.82, 2.24) is 9.78 Å². The Balaban J connectivity index is 3.02. The van der Waals surface area contributed by atoms with E-state index in [-0.39, 0.29) is 0 Å². The minimum Gasteiger partial charge on any atom is -0.480 e. The maximum atomic E-state index is 10.6. The van der Waals surface area contributed by atoms with Crippen LogP contribution in [-0.4, -0.2) is 20.9 Å². The number of nitrogens with zero attached hydrogens (tertiary/aromatic N) is 2. The molecule has 66 valence electrons. The van der Waals surface area contributed by atoms with E-state index in [1.165, 1.54) is 4.68 Å². The van der Waals surface area contributed by atoms with Gasteiger partial charge in [0.1, 0.15) is 6.04 Å². The van der Waals surface area contributed by atoms with Gasteiger partial charge in [-0.05, 0) is 26.8 Å². The minimum atomic E-state index is -0.860. The first kappa shape index (κ1) is 8.77. The van der Waals surface area contributed by atoms with Crippen LogP contribution in [0.2, 0.25) is 0 Å². The number of carboxylic acids is 1. The van der Waals surface area contributed by atoms with Gasteiger partial charge in [0.25, 0.3) is 0 Å². The smallest absolute Gasteiger partial charge is 0.328 e. The number of hydrogen-bond donors (Lipinski definition) is 1. The average Bonchev–Trinajstić information content (AvgIpc) is 2.28. The summed E-state index contributed by atoms with van der Waals surface area (Å²) in [5, 5.41) is 12.8. The lowest BCUT2D eigenvalue weighted by Gasteiger charge is -2.08. The molecule has 0 fully saturated rings. The normalized spacial score (nSPS) is 12.9. The molecule has 0 saturated carbocycles. The molecule has 0 aromatic carbocycles.